The van der Waals surface area contributed by atoms with E-state index >= 15 is 0 Å². The van der Waals surface area contributed by atoms with Gasteiger partial charge < -0.3 is 25.5 Å². The van der Waals surface area contributed by atoms with Crippen molar-refractivity contribution in [1.82, 2.24) is 10.1 Å². The molecule has 0 radical (unpaired) electrons. The topological polar surface area (TPSA) is 167 Å². The molecule has 4 N–H and O–H groups in total. The average molecular weight is 488 g/mol. The number of nitrogens with two attached hydrogens (primary N) is 2. The van der Waals surface area contributed by atoms with Gasteiger partial charge in [-0.15, -0.1) is 0 Å². The van der Waals surface area contributed by atoms with E-state index in [-0.39, 0.29) is 24.8 Å². The average Bonchev–Trinajstić information content (AvgIpc) is 3.50. The van der Waals surface area contributed by atoms with Crippen LogP contribution < -0.4 is 16.2 Å². The van der Waals surface area contributed by atoms with Crippen LogP contribution in [-0.4, -0.2) is 34.2 Å². The fourth-order valence-corrected chi connectivity index (χ4v) is 3.81. The molecule has 1 aromatic heterocycles. The fourth-order valence-electron chi connectivity index (χ4n) is 3.81. The van der Waals surface area contributed by atoms with Crippen molar-refractivity contribution in [2.24, 2.45) is 11.5 Å². The van der Waals surface area contributed by atoms with E-state index in [0.29, 0.717) is 34.9 Å². The number of allylic oxidation sites excluding steroid dienone is 1. The molecule has 184 valence electrons. The van der Waals surface area contributed by atoms with Crippen molar-refractivity contribution in [3.8, 4) is 34.7 Å². The van der Waals surface area contributed by atoms with Gasteiger partial charge in [-0.1, -0.05) is 23.4 Å². The quantitative estimate of drug-likeness (QED) is 0.431. The Morgan fingerprint density at radius 1 is 1.22 bits per heavy atom. The highest BCUT2D eigenvalue weighted by Gasteiger charge is 2.25. The number of amides is 1. The second kappa shape index (κ2) is 10.4. The van der Waals surface area contributed by atoms with Gasteiger partial charge >= 0.3 is 5.97 Å². The number of esters is 1. The number of rotatable bonds is 9. The van der Waals surface area contributed by atoms with Gasteiger partial charge in [0, 0.05) is 23.1 Å². The Labute approximate surface area is 207 Å². The van der Waals surface area contributed by atoms with Crippen molar-refractivity contribution in [3.63, 3.8) is 0 Å². The molecule has 3 aromatic rings. The fraction of sp³-hybridized carbons (Fsp3) is 0.269. The second-order valence-electron chi connectivity index (χ2n) is 8.55. The van der Waals surface area contributed by atoms with Crippen LogP contribution in [0.3, 0.4) is 0 Å². The first-order valence-corrected chi connectivity index (χ1v) is 11.4. The van der Waals surface area contributed by atoms with E-state index in [4.69, 9.17) is 25.5 Å². The van der Waals surface area contributed by atoms with Crippen LogP contribution in [0.15, 0.2) is 47.0 Å². The first-order chi connectivity index (χ1) is 17.3. The van der Waals surface area contributed by atoms with E-state index < -0.39 is 17.9 Å². The van der Waals surface area contributed by atoms with Crippen LogP contribution in [0.1, 0.15) is 43.4 Å². The highest BCUT2D eigenvalue weighted by atomic mass is 16.5. The summed E-state index contributed by atoms with van der Waals surface area (Å²) in [6.07, 6.45) is 2.31. The predicted molar refractivity (Wildman–Crippen MR) is 130 cm³/mol. The zero-order valence-corrected chi connectivity index (χ0v) is 19.9. The predicted octanol–water partition coefficient (Wildman–Crippen LogP) is 3.10. The Hall–Kier alpha value is -4.49. The summed E-state index contributed by atoms with van der Waals surface area (Å²) in [5.74, 6) is 0.321. The molecule has 0 aliphatic heterocycles. The highest BCUT2D eigenvalue weighted by molar-refractivity contribution is 5.86. The second-order valence-corrected chi connectivity index (χ2v) is 8.55. The minimum Gasteiger partial charge on any atom is -0.490 e. The molecule has 1 aliphatic rings. The van der Waals surface area contributed by atoms with Crippen LogP contribution >= 0.6 is 0 Å². The van der Waals surface area contributed by atoms with Gasteiger partial charge in [-0.05, 0) is 56.5 Å². The normalized spacial score (nSPS) is 13.0. The number of hydrogen-bond donors (Lipinski definition) is 2. The van der Waals surface area contributed by atoms with Crippen LogP contribution in [0.25, 0.3) is 28.6 Å². The number of nitrogens with zero attached hydrogens (tertiary/aromatic N) is 3. The van der Waals surface area contributed by atoms with E-state index in [0.717, 1.165) is 16.7 Å². The lowest BCUT2D eigenvalue weighted by Crippen LogP contribution is -2.33. The molecule has 36 heavy (non-hydrogen) atoms. The summed E-state index contributed by atoms with van der Waals surface area (Å²) in [6.45, 7) is 3.77. The Balaban J connectivity index is 1.54. The summed E-state index contributed by atoms with van der Waals surface area (Å²) in [6, 6.07) is 11.8. The molecule has 1 atom stereocenters. The van der Waals surface area contributed by atoms with Gasteiger partial charge in [-0.2, -0.15) is 10.2 Å². The maximum absolute atomic E-state index is 12.4. The monoisotopic (exact) mass is 487 g/mol. The smallest absolute Gasteiger partial charge is 0.328 e. The van der Waals surface area contributed by atoms with Gasteiger partial charge in [0.05, 0.1) is 11.7 Å². The van der Waals surface area contributed by atoms with E-state index in [1.807, 2.05) is 26.0 Å². The summed E-state index contributed by atoms with van der Waals surface area (Å²) in [7, 11) is 0. The van der Waals surface area contributed by atoms with Crippen molar-refractivity contribution in [2.45, 2.75) is 45.3 Å². The molecule has 1 unspecified atom stereocenters. The first kappa shape index (κ1) is 24.6. The van der Waals surface area contributed by atoms with Gasteiger partial charge in [0.15, 0.2) is 0 Å². The number of nitriles is 1. The minimum absolute atomic E-state index is 0.000448. The molecule has 0 saturated carbocycles. The molecule has 0 saturated heterocycles. The van der Waals surface area contributed by atoms with Gasteiger partial charge in [-0.3, -0.25) is 4.79 Å². The zero-order chi connectivity index (χ0) is 25.8. The third-order valence-corrected chi connectivity index (χ3v) is 5.52. The lowest BCUT2D eigenvalue weighted by molar-refractivity contribution is -0.138. The largest absolute Gasteiger partial charge is 0.490 e. The summed E-state index contributed by atoms with van der Waals surface area (Å²) in [4.78, 5) is 27.8. The minimum atomic E-state index is -0.957. The molecule has 0 bridgehead atoms. The molecule has 4 rings (SSSR count). The third kappa shape index (κ3) is 5.26. The summed E-state index contributed by atoms with van der Waals surface area (Å²) in [5.41, 5.74) is 14.2. The maximum atomic E-state index is 12.4. The first-order valence-electron chi connectivity index (χ1n) is 11.4. The van der Waals surface area contributed by atoms with Crippen LogP contribution in [0, 0.1) is 11.3 Å². The number of ether oxygens (including phenoxy) is 2. The van der Waals surface area contributed by atoms with E-state index in [1.165, 1.54) is 0 Å². The molecule has 10 heteroatoms. The van der Waals surface area contributed by atoms with Gasteiger partial charge in [0.2, 0.25) is 11.7 Å². The summed E-state index contributed by atoms with van der Waals surface area (Å²) in [5, 5.41) is 13.6. The molecule has 1 amide bonds. The molecule has 0 spiro atoms. The van der Waals surface area contributed by atoms with Crippen molar-refractivity contribution >= 4 is 17.6 Å². The van der Waals surface area contributed by atoms with E-state index in [9.17, 15) is 14.9 Å². The number of carbonyl (C=O) groups is 2. The van der Waals surface area contributed by atoms with Crippen molar-refractivity contribution in [3.05, 3.63) is 59.2 Å². The van der Waals surface area contributed by atoms with Crippen LogP contribution in [0.5, 0.6) is 5.75 Å². The molecule has 1 aliphatic carbocycles. The molecular weight excluding hydrogens is 462 g/mol. The number of aromatic nitrogens is 2. The maximum Gasteiger partial charge on any atom is 0.328 e. The lowest BCUT2D eigenvalue weighted by Gasteiger charge is -2.12. The van der Waals surface area contributed by atoms with Crippen LogP contribution in [0.2, 0.25) is 0 Å². The van der Waals surface area contributed by atoms with Gasteiger partial charge in [-0.25, -0.2) is 4.79 Å². The van der Waals surface area contributed by atoms with E-state index in [2.05, 4.69) is 16.2 Å². The standard InChI is InChI=1S/C26H25N5O5/c1-14(2)34-21-9-6-15(12-16(21)13-27)25-30-24(31-36-25)19-5-3-4-18-17(19)7-10-22(18)35-26(33)20(28)8-11-23(29)32/h3-6,9-10,12,14,20H,7-8,11,28H2,1-2H3,(H2,29,32). The molecule has 2 aromatic carbocycles. The van der Waals surface area contributed by atoms with Crippen molar-refractivity contribution in [2.75, 3.05) is 0 Å². The zero-order valence-electron chi connectivity index (χ0n) is 19.9. The van der Waals surface area contributed by atoms with Crippen LogP contribution in [0.4, 0.5) is 0 Å². The number of fused-ring (bicyclic) bond motifs is 1. The number of primary amides is 1. The Morgan fingerprint density at radius 2 is 2.00 bits per heavy atom. The van der Waals surface area contributed by atoms with E-state index in [1.54, 1.807) is 30.3 Å². The molecule has 1 heterocycles. The molecule has 0 fully saturated rings. The van der Waals surface area contributed by atoms with Crippen LogP contribution in [-0.2, 0) is 20.7 Å². The Bertz CT molecular complexity index is 1390. The highest BCUT2D eigenvalue weighted by Crippen LogP contribution is 2.36. The SMILES string of the molecule is CC(C)Oc1ccc(-c2nc(-c3cccc4c3CC=C4OC(=O)C(N)CCC(N)=O)no2)cc1C#N. The lowest BCUT2D eigenvalue weighted by atomic mass is 10.0. The Kier molecular flexibility index (Phi) is 7.12. The summed E-state index contributed by atoms with van der Waals surface area (Å²) < 4.78 is 16.7. The molecule has 10 nitrogen and oxygen atoms in total. The molecular formula is C26H25N5O5. The Morgan fingerprint density at radius 3 is 2.72 bits per heavy atom. The third-order valence-electron chi connectivity index (χ3n) is 5.52. The van der Waals surface area contributed by atoms with Crippen molar-refractivity contribution < 1.29 is 23.6 Å². The number of hydrogen-bond acceptors (Lipinski definition) is 9. The number of benzene rings is 2. The van der Waals surface area contributed by atoms with Gasteiger partial charge in [0.1, 0.15) is 23.6 Å². The van der Waals surface area contributed by atoms with Gasteiger partial charge in [0.25, 0.3) is 5.89 Å². The van der Waals surface area contributed by atoms with Crippen molar-refractivity contribution in [1.29, 1.82) is 5.26 Å². The summed E-state index contributed by atoms with van der Waals surface area (Å²) >= 11 is 0. The number of carbonyl (C=O) groups excluding carboxylic acids is 2.